The number of esters is 1. The van der Waals surface area contributed by atoms with E-state index in [1.54, 1.807) is 0 Å². The van der Waals surface area contributed by atoms with Crippen molar-refractivity contribution in [1.29, 1.82) is 5.26 Å². The third-order valence-electron chi connectivity index (χ3n) is 2.87. The third-order valence-corrected chi connectivity index (χ3v) is 3.54. The van der Waals surface area contributed by atoms with Gasteiger partial charge in [-0.1, -0.05) is 0 Å². The highest BCUT2D eigenvalue weighted by Gasteiger charge is 2.18. The number of nitrogens with zero attached hydrogens (tertiary/aromatic N) is 2. The number of benzene rings is 2. The van der Waals surface area contributed by atoms with Crippen LogP contribution in [0.1, 0.15) is 15.9 Å². The van der Waals surface area contributed by atoms with E-state index in [0.29, 0.717) is 5.56 Å². The number of carbonyl (C=O) groups is 1. The smallest absolute Gasteiger partial charge is 0.343 e. The molecule has 0 bridgehead atoms. The second-order valence-electron chi connectivity index (χ2n) is 4.29. The van der Waals surface area contributed by atoms with Crippen LogP contribution in [0.25, 0.3) is 0 Å². The van der Waals surface area contributed by atoms with E-state index in [9.17, 15) is 14.9 Å². The molecule has 2 rings (SSSR count). The largest absolute Gasteiger partial charge is 0.493 e. The van der Waals surface area contributed by atoms with E-state index in [4.69, 9.17) is 14.7 Å². The molecule has 0 aliphatic rings. The SMILES string of the molecule is COc1cc(C#N)ccc1OC(=O)c1ccc(Br)c([N+](=O)[O-])c1. The predicted molar refractivity (Wildman–Crippen MR) is 83.5 cm³/mol. The average molecular weight is 377 g/mol. The van der Waals surface area contributed by atoms with Crippen LogP contribution in [0, 0.1) is 21.4 Å². The summed E-state index contributed by atoms with van der Waals surface area (Å²) >= 11 is 3.04. The number of methoxy groups -OCH3 is 1. The van der Waals surface area contributed by atoms with Crippen LogP contribution in [0.15, 0.2) is 40.9 Å². The maximum Gasteiger partial charge on any atom is 0.343 e. The lowest BCUT2D eigenvalue weighted by atomic mass is 10.2. The fraction of sp³-hybridized carbons (Fsp3) is 0.0667. The fourth-order valence-corrected chi connectivity index (χ4v) is 2.15. The van der Waals surface area contributed by atoms with E-state index < -0.39 is 10.9 Å². The Morgan fingerprint density at radius 1 is 1.26 bits per heavy atom. The molecule has 0 N–H and O–H groups in total. The van der Waals surface area contributed by atoms with Gasteiger partial charge in [0.05, 0.1) is 33.7 Å². The topological polar surface area (TPSA) is 102 Å². The van der Waals surface area contributed by atoms with Crippen molar-refractivity contribution < 1.29 is 19.2 Å². The summed E-state index contributed by atoms with van der Waals surface area (Å²) < 4.78 is 10.5. The molecule has 0 aliphatic carbocycles. The van der Waals surface area contributed by atoms with Crippen LogP contribution in [-0.2, 0) is 0 Å². The highest BCUT2D eigenvalue weighted by Crippen LogP contribution is 2.30. The quantitative estimate of drug-likeness (QED) is 0.350. The van der Waals surface area contributed by atoms with Crippen LogP contribution in [0.3, 0.4) is 0 Å². The Morgan fingerprint density at radius 2 is 2.00 bits per heavy atom. The monoisotopic (exact) mass is 376 g/mol. The van der Waals surface area contributed by atoms with Gasteiger partial charge in [-0.15, -0.1) is 0 Å². The van der Waals surface area contributed by atoms with E-state index in [0.717, 1.165) is 6.07 Å². The second kappa shape index (κ2) is 6.89. The lowest BCUT2D eigenvalue weighted by Gasteiger charge is -2.09. The Balaban J connectivity index is 2.31. The minimum atomic E-state index is -0.774. The number of halogens is 1. The van der Waals surface area contributed by atoms with Gasteiger partial charge in [0.1, 0.15) is 0 Å². The number of hydrogen-bond acceptors (Lipinski definition) is 6. The van der Waals surface area contributed by atoms with Gasteiger partial charge < -0.3 is 9.47 Å². The molecule has 0 saturated heterocycles. The number of nitro groups is 1. The molecule has 0 heterocycles. The summed E-state index contributed by atoms with van der Waals surface area (Å²) in [5.74, 6) is -0.449. The molecule has 116 valence electrons. The van der Waals surface area contributed by atoms with Crippen LogP contribution in [-0.4, -0.2) is 18.0 Å². The Bertz CT molecular complexity index is 829. The Morgan fingerprint density at radius 3 is 2.61 bits per heavy atom. The molecule has 0 aliphatic heterocycles. The van der Waals surface area contributed by atoms with Gasteiger partial charge in [-0.25, -0.2) is 4.79 Å². The fourth-order valence-electron chi connectivity index (χ4n) is 1.76. The molecule has 7 nitrogen and oxygen atoms in total. The van der Waals surface area contributed by atoms with Crippen LogP contribution in [0.2, 0.25) is 0 Å². The number of ether oxygens (including phenoxy) is 2. The standard InChI is InChI=1S/C15H9BrN2O5/c1-22-14-6-9(8-17)2-5-13(14)23-15(19)10-3-4-11(16)12(7-10)18(20)21/h2-7H,1H3. The number of hydrogen-bond donors (Lipinski definition) is 0. The molecule has 0 atom stereocenters. The van der Waals surface area contributed by atoms with Crippen molar-refractivity contribution in [3.63, 3.8) is 0 Å². The molecule has 2 aromatic carbocycles. The van der Waals surface area contributed by atoms with E-state index >= 15 is 0 Å². The molecular weight excluding hydrogens is 368 g/mol. The van der Waals surface area contributed by atoms with Crippen molar-refractivity contribution in [2.75, 3.05) is 7.11 Å². The minimum absolute atomic E-state index is 0.0197. The molecule has 0 amide bonds. The van der Waals surface area contributed by atoms with Gasteiger partial charge in [0.25, 0.3) is 5.69 Å². The summed E-state index contributed by atoms with van der Waals surface area (Å²) in [7, 11) is 1.37. The van der Waals surface area contributed by atoms with Gasteiger partial charge in [-0.2, -0.15) is 5.26 Å². The lowest BCUT2D eigenvalue weighted by molar-refractivity contribution is -0.385. The van der Waals surface area contributed by atoms with E-state index in [1.807, 2.05) is 6.07 Å². The third kappa shape index (κ3) is 3.64. The van der Waals surface area contributed by atoms with Crippen molar-refractivity contribution >= 4 is 27.6 Å². The normalized spacial score (nSPS) is 9.78. The van der Waals surface area contributed by atoms with Gasteiger partial charge in [0.2, 0.25) is 0 Å². The molecular formula is C15H9BrN2O5. The van der Waals surface area contributed by atoms with Gasteiger partial charge in [0, 0.05) is 12.1 Å². The summed E-state index contributed by atoms with van der Waals surface area (Å²) in [4.78, 5) is 22.4. The van der Waals surface area contributed by atoms with Gasteiger partial charge in [-0.05, 0) is 40.2 Å². The van der Waals surface area contributed by atoms with Crippen molar-refractivity contribution in [3.8, 4) is 17.6 Å². The summed E-state index contributed by atoms with van der Waals surface area (Å²) in [6.45, 7) is 0. The summed E-state index contributed by atoms with van der Waals surface area (Å²) in [5.41, 5.74) is 0.124. The highest BCUT2D eigenvalue weighted by atomic mass is 79.9. The molecule has 23 heavy (non-hydrogen) atoms. The zero-order valence-corrected chi connectivity index (χ0v) is 13.4. The second-order valence-corrected chi connectivity index (χ2v) is 5.14. The Hall–Kier alpha value is -2.92. The number of rotatable bonds is 4. The number of nitro benzene ring substituents is 1. The van der Waals surface area contributed by atoms with Crippen molar-refractivity contribution in [2.24, 2.45) is 0 Å². The first-order valence-electron chi connectivity index (χ1n) is 6.20. The van der Waals surface area contributed by atoms with Crippen molar-refractivity contribution in [3.05, 3.63) is 62.1 Å². The van der Waals surface area contributed by atoms with Gasteiger partial charge >= 0.3 is 5.97 Å². The molecule has 2 aromatic rings. The first-order valence-corrected chi connectivity index (χ1v) is 7.00. The van der Waals surface area contributed by atoms with Crippen molar-refractivity contribution in [2.45, 2.75) is 0 Å². The zero-order valence-electron chi connectivity index (χ0n) is 11.8. The van der Waals surface area contributed by atoms with Crippen molar-refractivity contribution in [1.82, 2.24) is 0 Å². The number of carbonyl (C=O) groups excluding carboxylic acids is 1. The van der Waals surface area contributed by atoms with Crippen LogP contribution >= 0.6 is 15.9 Å². The van der Waals surface area contributed by atoms with E-state index in [2.05, 4.69) is 15.9 Å². The average Bonchev–Trinajstić information content (AvgIpc) is 2.55. The van der Waals surface area contributed by atoms with E-state index in [-0.39, 0.29) is 27.2 Å². The minimum Gasteiger partial charge on any atom is -0.493 e. The zero-order chi connectivity index (χ0) is 17.0. The highest BCUT2D eigenvalue weighted by molar-refractivity contribution is 9.10. The molecule has 0 spiro atoms. The molecule has 0 fully saturated rings. The summed E-state index contributed by atoms with van der Waals surface area (Å²) in [6.07, 6.45) is 0. The first-order chi connectivity index (χ1) is 11.0. The predicted octanol–water partition coefficient (Wildman–Crippen LogP) is 3.46. The Kier molecular flexibility index (Phi) is 4.93. The molecule has 8 heteroatoms. The van der Waals surface area contributed by atoms with Crippen LogP contribution < -0.4 is 9.47 Å². The number of nitriles is 1. The molecule has 0 saturated carbocycles. The summed E-state index contributed by atoms with van der Waals surface area (Å²) in [6, 6.07) is 10.2. The Labute approximate surface area is 139 Å². The molecule has 0 radical (unpaired) electrons. The summed E-state index contributed by atoms with van der Waals surface area (Å²) in [5, 5.41) is 19.7. The van der Waals surface area contributed by atoms with Gasteiger partial charge in [-0.3, -0.25) is 10.1 Å². The lowest BCUT2D eigenvalue weighted by Crippen LogP contribution is -2.10. The van der Waals surface area contributed by atoms with E-state index in [1.165, 1.54) is 37.4 Å². The first kappa shape index (κ1) is 16.5. The van der Waals surface area contributed by atoms with Gasteiger partial charge in [0.15, 0.2) is 11.5 Å². The van der Waals surface area contributed by atoms with Crippen LogP contribution in [0.4, 0.5) is 5.69 Å². The maximum absolute atomic E-state index is 12.1. The van der Waals surface area contributed by atoms with Crippen LogP contribution in [0.5, 0.6) is 11.5 Å². The molecule has 0 unspecified atom stereocenters. The molecule has 0 aromatic heterocycles. The maximum atomic E-state index is 12.1.